The molecule has 0 saturated carbocycles. The summed E-state index contributed by atoms with van der Waals surface area (Å²) in [4.78, 5) is 41.6. The number of likely N-dealkylation sites (tertiary alicyclic amines) is 1. The lowest BCUT2D eigenvalue weighted by atomic mass is 10.1. The Bertz CT molecular complexity index is 995. The van der Waals surface area contributed by atoms with Gasteiger partial charge in [0, 0.05) is 51.3 Å². The Kier molecular flexibility index (Phi) is 6.93. The third kappa shape index (κ3) is 5.16. The molecule has 0 bridgehead atoms. The number of anilines is 1. The molecule has 10 heteroatoms. The predicted molar refractivity (Wildman–Crippen MR) is 122 cm³/mol. The van der Waals surface area contributed by atoms with E-state index in [0.717, 1.165) is 31.7 Å². The molecule has 33 heavy (non-hydrogen) atoms. The Hall–Kier alpha value is -3.40. The van der Waals surface area contributed by atoms with Gasteiger partial charge in [-0.25, -0.2) is 0 Å². The van der Waals surface area contributed by atoms with Gasteiger partial charge in [-0.05, 0) is 50.2 Å². The molecule has 10 nitrogen and oxygen atoms in total. The van der Waals surface area contributed by atoms with E-state index < -0.39 is 4.92 Å². The summed E-state index contributed by atoms with van der Waals surface area (Å²) in [5.74, 6) is 0.433. The summed E-state index contributed by atoms with van der Waals surface area (Å²) in [6, 6.07) is 8.24. The van der Waals surface area contributed by atoms with Gasteiger partial charge in [-0.2, -0.15) is 0 Å². The lowest BCUT2D eigenvalue weighted by molar-refractivity contribution is -0.384. The van der Waals surface area contributed by atoms with Crippen LogP contribution in [0.4, 0.5) is 11.4 Å². The number of nitrogens with zero attached hydrogens (tertiary/aromatic N) is 4. The number of nitro groups is 1. The first-order valence-corrected chi connectivity index (χ1v) is 11.3. The average molecular weight is 456 g/mol. The minimum Gasteiger partial charge on any atom is -0.468 e. The van der Waals surface area contributed by atoms with E-state index in [-0.39, 0.29) is 29.1 Å². The SMILES string of the molecule is CC(=O)N1CCN(c2ccc(C(=O)NCC(c3ccco3)N3CCCC3)cc2[N+](=O)[O-])CC1. The Balaban J connectivity index is 1.46. The number of hydrogen-bond acceptors (Lipinski definition) is 7. The number of piperazine rings is 1. The van der Waals surface area contributed by atoms with Crippen LogP contribution < -0.4 is 10.2 Å². The fourth-order valence-electron chi connectivity index (χ4n) is 4.58. The molecule has 2 fully saturated rings. The number of nitro benzene ring substituents is 1. The summed E-state index contributed by atoms with van der Waals surface area (Å²) in [6.45, 7) is 5.80. The molecule has 0 aliphatic carbocycles. The quantitative estimate of drug-likeness (QED) is 0.504. The molecule has 2 aromatic rings. The number of carbonyl (C=O) groups excluding carboxylic acids is 2. The fourth-order valence-corrected chi connectivity index (χ4v) is 4.58. The number of amides is 2. The second kappa shape index (κ2) is 10.0. The minimum atomic E-state index is -0.459. The lowest BCUT2D eigenvalue weighted by Crippen LogP contribution is -2.48. The summed E-state index contributed by atoms with van der Waals surface area (Å²) >= 11 is 0. The number of nitrogens with one attached hydrogen (secondary N) is 1. The number of furan rings is 1. The van der Waals surface area contributed by atoms with E-state index in [1.54, 1.807) is 23.3 Å². The van der Waals surface area contributed by atoms with Crippen molar-refractivity contribution >= 4 is 23.2 Å². The van der Waals surface area contributed by atoms with Crippen LogP contribution in [0.2, 0.25) is 0 Å². The van der Waals surface area contributed by atoms with Gasteiger partial charge in [-0.3, -0.25) is 24.6 Å². The van der Waals surface area contributed by atoms with Crippen molar-refractivity contribution in [2.45, 2.75) is 25.8 Å². The molecule has 1 unspecified atom stereocenters. The second-order valence-electron chi connectivity index (χ2n) is 8.44. The van der Waals surface area contributed by atoms with Crippen molar-refractivity contribution < 1.29 is 18.9 Å². The van der Waals surface area contributed by atoms with Gasteiger partial charge >= 0.3 is 0 Å². The zero-order valence-electron chi connectivity index (χ0n) is 18.7. The first-order valence-electron chi connectivity index (χ1n) is 11.3. The van der Waals surface area contributed by atoms with Crippen LogP contribution in [0, 0.1) is 10.1 Å². The van der Waals surface area contributed by atoms with E-state index in [4.69, 9.17) is 4.42 Å². The maximum atomic E-state index is 12.9. The van der Waals surface area contributed by atoms with Gasteiger partial charge in [-0.1, -0.05) is 0 Å². The van der Waals surface area contributed by atoms with Crippen molar-refractivity contribution in [2.24, 2.45) is 0 Å². The molecule has 2 aliphatic rings. The zero-order chi connectivity index (χ0) is 23.4. The van der Waals surface area contributed by atoms with Crippen LogP contribution in [0.1, 0.15) is 41.9 Å². The third-order valence-electron chi connectivity index (χ3n) is 6.41. The normalized spacial score (nSPS) is 17.7. The first kappa shape index (κ1) is 22.8. The predicted octanol–water partition coefficient (Wildman–Crippen LogP) is 2.42. The second-order valence-corrected chi connectivity index (χ2v) is 8.44. The first-order chi connectivity index (χ1) is 15.9. The largest absolute Gasteiger partial charge is 0.468 e. The maximum absolute atomic E-state index is 12.9. The highest BCUT2D eigenvalue weighted by Crippen LogP contribution is 2.30. The molecular formula is C23H29N5O5. The highest BCUT2D eigenvalue weighted by molar-refractivity contribution is 5.95. The zero-order valence-corrected chi connectivity index (χ0v) is 18.7. The number of benzene rings is 1. The molecule has 1 atom stereocenters. The molecule has 0 spiro atoms. The molecule has 1 aromatic heterocycles. The summed E-state index contributed by atoms with van der Waals surface area (Å²) in [6.07, 6.45) is 3.84. The van der Waals surface area contributed by atoms with Crippen LogP contribution in [0.15, 0.2) is 41.0 Å². The van der Waals surface area contributed by atoms with Gasteiger partial charge in [0.15, 0.2) is 0 Å². The van der Waals surface area contributed by atoms with Crippen LogP contribution in [0.5, 0.6) is 0 Å². The minimum absolute atomic E-state index is 0.00190. The fraction of sp³-hybridized carbons (Fsp3) is 0.478. The molecular weight excluding hydrogens is 426 g/mol. The van der Waals surface area contributed by atoms with E-state index in [1.165, 1.54) is 13.0 Å². The topological polar surface area (TPSA) is 112 Å². The van der Waals surface area contributed by atoms with Crippen LogP contribution >= 0.6 is 0 Å². The van der Waals surface area contributed by atoms with Crippen molar-refractivity contribution in [3.63, 3.8) is 0 Å². The molecule has 176 valence electrons. The van der Waals surface area contributed by atoms with Crippen LogP contribution in [-0.4, -0.2) is 72.4 Å². The van der Waals surface area contributed by atoms with Gasteiger partial charge in [0.25, 0.3) is 11.6 Å². The van der Waals surface area contributed by atoms with Crippen molar-refractivity contribution in [2.75, 3.05) is 50.7 Å². The summed E-state index contributed by atoms with van der Waals surface area (Å²) < 4.78 is 5.59. The van der Waals surface area contributed by atoms with E-state index in [2.05, 4.69) is 10.2 Å². The molecule has 4 rings (SSSR count). The summed E-state index contributed by atoms with van der Waals surface area (Å²) in [7, 11) is 0. The standard InChI is InChI=1S/C23H29N5O5/c1-17(29)25-10-12-27(13-11-25)19-7-6-18(15-20(19)28(31)32)23(30)24-16-21(22-5-4-14-33-22)26-8-2-3-9-26/h4-7,14-15,21H,2-3,8-13,16H2,1H3,(H,24,30). The highest BCUT2D eigenvalue weighted by atomic mass is 16.6. The van der Waals surface area contributed by atoms with Gasteiger partial charge in [0.1, 0.15) is 11.4 Å². The summed E-state index contributed by atoms with van der Waals surface area (Å²) in [5, 5.41) is 14.7. The van der Waals surface area contributed by atoms with Crippen LogP contribution in [0.3, 0.4) is 0 Å². The van der Waals surface area contributed by atoms with E-state index >= 15 is 0 Å². The molecule has 2 aliphatic heterocycles. The van der Waals surface area contributed by atoms with Crippen molar-refractivity contribution in [3.8, 4) is 0 Å². The van der Waals surface area contributed by atoms with Crippen molar-refractivity contribution in [1.82, 2.24) is 15.1 Å². The molecule has 1 N–H and O–H groups in total. The molecule has 2 amide bonds. The lowest BCUT2D eigenvalue weighted by Gasteiger charge is -2.35. The van der Waals surface area contributed by atoms with Crippen molar-refractivity contribution in [1.29, 1.82) is 0 Å². The van der Waals surface area contributed by atoms with E-state index in [9.17, 15) is 19.7 Å². The molecule has 3 heterocycles. The van der Waals surface area contributed by atoms with Gasteiger partial charge in [0.05, 0.1) is 17.2 Å². The third-order valence-corrected chi connectivity index (χ3v) is 6.41. The Labute approximate surface area is 192 Å². The number of carbonyl (C=O) groups is 2. The Morgan fingerprint density at radius 3 is 2.45 bits per heavy atom. The summed E-state index contributed by atoms with van der Waals surface area (Å²) in [5.41, 5.74) is 0.596. The maximum Gasteiger partial charge on any atom is 0.293 e. The van der Waals surface area contributed by atoms with Gasteiger partial charge < -0.3 is 19.5 Å². The number of rotatable bonds is 7. The number of hydrogen-bond donors (Lipinski definition) is 1. The van der Waals surface area contributed by atoms with Crippen LogP contribution in [0.25, 0.3) is 0 Å². The highest BCUT2D eigenvalue weighted by Gasteiger charge is 2.28. The monoisotopic (exact) mass is 455 g/mol. The Morgan fingerprint density at radius 1 is 1.12 bits per heavy atom. The molecule has 1 aromatic carbocycles. The average Bonchev–Trinajstić information content (AvgIpc) is 3.54. The van der Waals surface area contributed by atoms with Gasteiger partial charge in [0.2, 0.25) is 5.91 Å². The Morgan fingerprint density at radius 2 is 1.85 bits per heavy atom. The van der Waals surface area contributed by atoms with E-state index in [1.807, 2.05) is 17.0 Å². The van der Waals surface area contributed by atoms with Crippen LogP contribution in [-0.2, 0) is 4.79 Å². The van der Waals surface area contributed by atoms with Gasteiger partial charge in [-0.15, -0.1) is 0 Å². The smallest absolute Gasteiger partial charge is 0.293 e. The van der Waals surface area contributed by atoms with E-state index in [0.29, 0.717) is 38.4 Å². The van der Waals surface area contributed by atoms with Crippen molar-refractivity contribution in [3.05, 3.63) is 58.0 Å². The molecule has 0 radical (unpaired) electrons. The molecule has 2 saturated heterocycles.